The zero-order chi connectivity index (χ0) is 28.5. The number of hydrogen-bond donors (Lipinski definition) is 2. The lowest BCUT2D eigenvalue weighted by atomic mass is 10.0. The molecule has 3 atom stereocenters. The van der Waals surface area contributed by atoms with Gasteiger partial charge in [0, 0.05) is 19.3 Å². The van der Waals surface area contributed by atoms with Gasteiger partial charge in [0.15, 0.2) is 11.6 Å². The number of aliphatic hydroxyl groups is 1. The number of morpholine rings is 1. The highest BCUT2D eigenvalue weighted by Crippen LogP contribution is 2.37. The van der Waals surface area contributed by atoms with E-state index in [9.17, 15) is 36.2 Å². The second kappa shape index (κ2) is 10.9. The van der Waals surface area contributed by atoms with Gasteiger partial charge < -0.3 is 14.7 Å². The van der Waals surface area contributed by atoms with Crippen molar-refractivity contribution in [3.05, 3.63) is 70.9 Å². The fraction of sp³-hybridized carbons (Fsp3) is 0.417. The van der Waals surface area contributed by atoms with Crippen LogP contribution in [0, 0.1) is 0 Å². The van der Waals surface area contributed by atoms with Crippen molar-refractivity contribution in [1.82, 2.24) is 30.0 Å². The molecule has 0 aliphatic carbocycles. The maximum Gasteiger partial charge on any atom is 0.416 e. The van der Waals surface area contributed by atoms with Crippen molar-refractivity contribution in [3.63, 3.8) is 0 Å². The van der Waals surface area contributed by atoms with Crippen molar-refractivity contribution < 1.29 is 41.0 Å². The Bertz CT molecular complexity index is 1280. The number of aliphatic hydroxyl groups excluding tert-OH is 1. The van der Waals surface area contributed by atoms with Crippen molar-refractivity contribution >= 4 is 5.91 Å². The molecule has 0 radical (unpaired) electrons. The Morgan fingerprint density at radius 1 is 1.10 bits per heavy atom. The number of benzene rings is 1. The molecule has 39 heavy (non-hydrogen) atoms. The van der Waals surface area contributed by atoms with Gasteiger partial charge in [0.25, 0.3) is 5.91 Å². The van der Waals surface area contributed by atoms with E-state index in [0.717, 1.165) is 0 Å². The number of hydrogen-bond acceptors (Lipinski definition) is 7. The maximum atomic E-state index is 13.2. The van der Waals surface area contributed by atoms with Gasteiger partial charge in [0.05, 0.1) is 35.4 Å². The summed E-state index contributed by atoms with van der Waals surface area (Å²) >= 11 is 0. The average molecular weight is 558 g/mol. The van der Waals surface area contributed by atoms with Gasteiger partial charge in [-0.1, -0.05) is 0 Å². The summed E-state index contributed by atoms with van der Waals surface area (Å²) in [5.74, 6) is 0.182. The molecule has 1 saturated heterocycles. The zero-order valence-corrected chi connectivity index (χ0v) is 20.7. The van der Waals surface area contributed by atoms with E-state index in [2.05, 4.69) is 20.4 Å². The number of nitrogens with one attached hydrogen (secondary N) is 1. The minimum Gasteiger partial charge on any atom is -0.375 e. The van der Waals surface area contributed by atoms with Gasteiger partial charge in [-0.25, -0.2) is 9.97 Å². The first-order valence-corrected chi connectivity index (χ1v) is 11.7. The van der Waals surface area contributed by atoms with Crippen LogP contribution in [-0.2, 0) is 17.1 Å². The molecule has 1 amide bonds. The summed E-state index contributed by atoms with van der Waals surface area (Å²) in [6, 6.07) is 3.03. The van der Waals surface area contributed by atoms with Crippen molar-refractivity contribution in [2.45, 2.75) is 44.6 Å². The minimum atomic E-state index is -5.05. The number of carbonyl (C=O) groups is 1. The van der Waals surface area contributed by atoms with Crippen molar-refractivity contribution in [3.8, 4) is 5.82 Å². The normalized spacial score (nSPS) is 18.2. The number of rotatable bonds is 6. The molecule has 9 nitrogen and oxygen atoms in total. The third-order valence-electron chi connectivity index (χ3n) is 6.04. The van der Waals surface area contributed by atoms with E-state index in [1.807, 2.05) is 6.92 Å². The molecule has 3 heterocycles. The average Bonchev–Trinajstić information content (AvgIpc) is 3.37. The number of nitrogens with zero attached hydrogens (tertiary/aromatic N) is 5. The van der Waals surface area contributed by atoms with Gasteiger partial charge in [-0.15, -0.1) is 0 Å². The van der Waals surface area contributed by atoms with E-state index in [1.54, 1.807) is 11.0 Å². The quantitative estimate of drug-likeness (QED) is 0.349. The molecule has 3 aromatic rings. The molecule has 15 heteroatoms. The Kier molecular flexibility index (Phi) is 7.95. The van der Waals surface area contributed by atoms with Gasteiger partial charge in [0.1, 0.15) is 12.6 Å². The van der Waals surface area contributed by atoms with Crippen LogP contribution in [0.15, 0.2) is 42.9 Å². The van der Waals surface area contributed by atoms with Crippen LogP contribution < -0.4 is 5.32 Å². The van der Waals surface area contributed by atoms with Gasteiger partial charge in [-0.2, -0.15) is 36.1 Å². The van der Waals surface area contributed by atoms with Crippen LogP contribution in [0.1, 0.15) is 59.0 Å². The maximum absolute atomic E-state index is 13.2. The lowest BCUT2D eigenvalue weighted by Gasteiger charge is -2.31. The molecular formula is C24H24F6N6O3. The van der Waals surface area contributed by atoms with Crippen LogP contribution in [0.5, 0.6) is 0 Å². The fourth-order valence-corrected chi connectivity index (χ4v) is 4.09. The van der Waals surface area contributed by atoms with Crippen molar-refractivity contribution in [1.29, 1.82) is 0 Å². The van der Waals surface area contributed by atoms with Crippen LogP contribution >= 0.6 is 0 Å². The SMILES string of the molecule is C[C@@H]1CN(C(=O)c2ccc(-n3ncnc3[C@H](C)NC(O)c3cc(C(F)(F)F)cc(C(F)(F)F)c3)nc2)CCO1. The predicted molar refractivity (Wildman–Crippen MR) is 123 cm³/mol. The smallest absolute Gasteiger partial charge is 0.375 e. The molecule has 0 saturated carbocycles. The van der Waals surface area contributed by atoms with Crippen LogP contribution in [0.25, 0.3) is 5.82 Å². The second-order valence-corrected chi connectivity index (χ2v) is 9.00. The van der Waals surface area contributed by atoms with E-state index in [1.165, 1.54) is 30.2 Å². The number of amides is 1. The molecule has 4 rings (SSSR count). The highest BCUT2D eigenvalue weighted by Gasteiger charge is 2.37. The van der Waals surface area contributed by atoms with Crippen LogP contribution in [0.3, 0.4) is 0 Å². The molecule has 0 bridgehead atoms. The number of ether oxygens (including phenoxy) is 1. The number of aromatic nitrogens is 4. The van der Waals surface area contributed by atoms with E-state index in [4.69, 9.17) is 4.74 Å². The Hall–Kier alpha value is -3.56. The standard InChI is InChI=1S/C24H24F6N6O3/c1-13-11-35(5-6-39-13)22(38)15-3-4-19(31-10-15)36-20(32-12-33-36)14(2)34-21(37)16-7-17(23(25,26)27)9-18(8-16)24(28,29)30/h3-4,7-10,12-14,21,34,37H,5-6,11H2,1-2H3/t13-,14+,21?/m1/s1. The molecule has 1 aliphatic rings. The molecule has 210 valence electrons. The molecule has 0 spiro atoms. The summed E-state index contributed by atoms with van der Waals surface area (Å²) in [5, 5.41) is 17.1. The molecule has 2 N–H and O–H groups in total. The van der Waals surface area contributed by atoms with Crippen LogP contribution in [0.2, 0.25) is 0 Å². The monoisotopic (exact) mass is 558 g/mol. The van der Waals surface area contributed by atoms with Crippen LogP contribution in [0.4, 0.5) is 26.3 Å². The third kappa shape index (κ3) is 6.54. The molecule has 2 aromatic heterocycles. The third-order valence-corrected chi connectivity index (χ3v) is 6.04. The Morgan fingerprint density at radius 2 is 1.77 bits per heavy atom. The second-order valence-electron chi connectivity index (χ2n) is 9.00. The zero-order valence-electron chi connectivity index (χ0n) is 20.7. The van der Waals surface area contributed by atoms with E-state index < -0.39 is 41.3 Å². The highest BCUT2D eigenvalue weighted by atomic mass is 19.4. The first-order chi connectivity index (χ1) is 18.2. The van der Waals surface area contributed by atoms with E-state index in [0.29, 0.717) is 37.4 Å². The van der Waals surface area contributed by atoms with Crippen molar-refractivity contribution in [2.75, 3.05) is 19.7 Å². The van der Waals surface area contributed by atoms with Crippen molar-refractivity contribution in [2.24, 2.45) is 0 Å². The van der Waals surface area contributed by atoms with E-state index in [-0.39, 0.29) is 29.7 Å². The number of pyridine rings is 1. The van der Waals surface area contributed by atoms with Gasteiger partial charge in [-0.3, -0.25) is 10.1 Å². The molecule has 1 unspecified atom stereocenters. The summed E-state index contributed by atoms with van der Waals surface area (Å²) in [6.07, 6.45) is -9.58. The number of carbonyl (C=O) groups excluding carboxylic acids is 1. The predicted octanol–water partition coefficient (Wildman–Crippen LogP) is 3.90. The van der Waals surface area contributed by atoms with Gasteiger partial charge >= 0.3 is 12.4 Å². The van der Waals surface area contributed by atoms with Gasteiger partial charge in [-0.05, 0) is 49.7 Å². The molecule has 1 aliphatic heterocycles. The molecular weight excluding hydrogens is 534 g/mol. The highest BCUT2D eigenvalue weighted by molar-refractivity contribution is 5.94. The Balaban J connectivity index is 1.52. The first-order valence-electron chi connectivity index (χ1n) is 11.7. The number of alkyl halides is 6. The van der Waals surface area contributed by atoms with E-state index >= 15 is 0 Å². The first kappa shape index (κ1) is 28.4. The Morgan fingerprint density at radius 3 is 2.33 bits per heavy atom. The lowest BCUT2D eigenvalue weighted by molar-refractivity contribution is -0.143. The topological polar surface area (TPSA) is 105 Å². The largest absolute Gasteiger partial charge is 0.416 e. The fourth-order valence-electron chi connectivity index (χ4n) is 4.09. The summed E-state index contributed by atoms with van der Waals surface area (Å²) in [6.45, 7) is 4.66. The molecule has 1 fully saturated rings. The summed E-state index contributed by atoms with van der Waals surface area (Å²) in [5.41, 5.74) is -3.39. The number of halogens is 6. The Labute approximate surface area is 218 Å². The molecule has 1 aromatic carbocycles. The van der Waals surface area contributed by atoms with Gasteiger partial charge in [0.2, 0.25) is 0 Å². The lowest BCUT2D eigenvalue weighted by Crippen LogP contribution is -2.44. The van der Waals surface area contributed by atoms with Crippen LogP contribution in [-0.4, -0.2) is 61.5 Å². The minimum absolute atomic E-state index is 0.0179. The summed E-state index contributed by atoms with van der Waals surface area (Å²) in [7, 11) is 0. The summed E-state index contributed by atoms with van der Waals surface area (Å²) in [4.78, 5) is 22.7. The summed E-state index contributed by atoms with van der Waals surface area (Å²) < 4.78 is 85.9.